The zero-order valence-electron chi connectivity index (χ0n) is 16.9. The van der Waals surface area contributed by atoms with Gasteiger partial charge in [-0.2, -0.15) is 5.26 Å². The lowest BCUT2D eigenvalue weighted by Gasteiger charge is -2.26. The zero-order chi connectivity index (χ0) is 21.2. The van der Waals surface area contributed by atoms with Gasteiger partial charge in [0, 0.05) is 18.8 Å². The minimum absolute atomic E-state index is 0.0479. The van der Waals surface area contributed by atoms with Crippen molar-refractivity contribution in [2.24, 2.45) is 0 Å². The molecule has 6 heteroatoms. The number of rotatable bonds is 8. The first-order valence-electron chi connectivity index (χ1n) is 9.45. The Hall–Kier alpha value is -3.59. The zero-order valence-corrected chi connectivity index (χ0v) is 16.9. The standard InChI is InChI=1S/C23H25N3O3/c1-4-29-23(28)20-12-8-9-13-21(20)25-15-19(14-24)22(27)26(17(2)3)16-18-10-6-5-7-11-18/h5-13,15,17,25H,4,16H2,1-3H3/b19-15-. The van der Waals surface area contributed by atoms with Crippen molar-refractivity contribution in [3.63, 3.8) is 0 Å². The van der Waals surface area contributed by atoms with Crippen LogP contribution >= 0.6 is 0 Å². The Morgan fingerprint density at radius 1 is 1.14 bits per heavy atom. The summed E-state index contributed by atoms with van der Waals surface area (Å²) in [6.07, 6.45) is 1.33. The number of carbonyl (C=O) groups excluding carboxylic acids is 2. The Balaban J connectivity index is 2.23. The van der Waals surface area contributed by atoms with E-state index in [0.29, 0.717) is 17.8 Å². The van der Waals surface area contributed by atoms with Crippen LogP contribution < -0.4 is 5.32 Å². The van der Waals surface area contributed by atoms with E-state index in [1.54, 1.807) is 36.1 Å². The summed E-state index contributed by atoms with van der Waals surface area (Å²) in [5.74, 6) is -0.853. The number of benzene rings is 2. The number of hydrogen-bond donors (Lipinski definition) is 1. The Morgan fingerprint density at radius 2 is 1.79 bits per heavy atom. The number of amides is 1. The topological polar surface area (TPSA) is 82.4 Å². The molecule has 0 radical (unpaired) electrons. The van der Waals surface area contributed by atoms with Gasteiger partial charge in [0.25, 0.3) is 5.91 Å². The number of carbonyl (C=O) groups is 2. The molecular weight excluding hydrogens is 366 g/mol. The van der Waals surface area contributed by atoms with Crippen molar-refractivity contribution >= 4 is 17.6 Å². The van der Waals surface area contributed by atoms with Crippen molar-refractivity contribution in [2.75, 3.05) is 11.9 Å². The molecule has 0 bridgehead atoms. The van der Waals surface area contributed by atoms with Gasteiger partial charge < -0.3 is 15.0 Å². The molecule has 0 aliphatic heterocycles. The lowest BCUT2D eigenvalue weighted by atomic mass is 10.1. The first kappa shape index (κ1) is 21.7. The molecule has 6 nitrogen and oxygen atoms in total. The summed E-state index contributed by atoms with van der Waals surface area (Å²) in [6, 6.07) is 18.3. The van der Waals surface area contributed by atoms with Gasteiger partial charge in [-0.15, -0.1) is 0 Å². The van der Waals surface area contributed by atoms with Crippen LogP contribution in [0.25, 0.3) is 0 Å². The molecule has 0 aliphatic rings. The molecule has 1 N–H and O–H groups in total. The van der Waals surface area contributed by atoms with Gasteiger partial charge in [0.2, 0.25) is 0 Å². The Labute approximate surface area is 171 Å². The average Bonchev–Trinajstić information content (AvgIpc) is 2.73. The van der Waals surface area contributed by atoms with Crippen molar-refractivity contribution in [1.29, 1.82) is 5.26 Å². The van der Waals surface area contributed by atoms with Gasteiger partial charge in [-0.05, 0) is 38.5 Å². The summed E-state index contributed by atoms with van der Waals surface area (Å²) in [4.78, 5) is 26.7. The molecule has 0 heterocycles. The fraction of sp³-hybridized carbons (Fsp3) is 0.261. The maximum atomic E-state index is 13.0. The SMILES string of the molecule is CCOC(=O)c1ccccc1N/C=C(/C#N)C(=O)N(Cc1ccccc1)C(C)C. The van der Waals surface area contributed by atoms with E-state index < -0.39 is 5.97 Å². The lowest BCUT2D eigenvalue weighted by Crippen LogP contribution is -2.37. The van der Waals surface area contributed by atoms with E-state index in [-0.39, 0.29) is 24.1 Å². The normalized spacial score (nSPS) is 10.9. The molecule has 0 aromatic heterocycles. The molecular formula is C23H25N3O3. The number of nitrogens with one attached hydrogen (secondary N) is 1. The fourth-order valence-corrected chi connectivity index (χ4v) is 2.71. The number of esters is 1. The molecule has 0 fully saturated rings. The quantitative estimate of drug-likeness (QED) is 0.416. The van der Waals surface area contributed by atoms with Crippen LogP contribution in [-0.4, -0.2) is 29.4 Å². The maximum Gasteiger partial charge on any atom is 0.340 e. The molecule has 0 unspecified atom stereocenters. The monoisotopic (exact) mass is 391 g/mol. The molecule has 2 aromatic rings. The molecule has 0 aliphatic carbocycles. The molecule has 1 amide bonds. The predicted molar refractivity (Wildman–Crippen MR) is 112 cm³/mol. The first-order chi connectivity index (χ1) is 14.0. The van der Waals surface area contributed by atoms with Crippen LogP contribution in [0.1, 0.15) is 36.7 Å². The van der Waals surface area contributed by atoms with Crippen LogP contribution in [0.15, 0.2) is 66.4 Å². The van der Waals surface area contributed by atoms with Gasteiger partial charge >= 0.3 is 5.97 Å². The van der Waals surface area contributed by atoms with Crippen molar-refractivity contribution in [3.05, 3.63) is 77.5 Å². The Morgan fingerprint density at radius 3 is 2.41 bits per heavy atom. The number of nitriles is 1. The number of para-hydroxylation sites is 1. The smallest absolute Gasteiger partial charge is 0.340 e. The highest BCUT2D eigenvalue weighted by Crippen LogP contribution is 2.18. The van der Waals surface area contributed by atoms with E-state index in [1.807, 2.05) is 50.2 Å². The minimum atomic E-state index is -0.471. The van der Waals surface area contributed by atoms with Crippen molar-refractivity contribution in [1.82, 2.24) is 4.90 Å². The average molecular weight is 391 g/mol. The highest BCUT2D eigenvalue weighted by molar-refractivity contribution is 5.99. The molecule has 0 saturated heterocycles. The van der Waals surface area contributed by atoms with Gasteiger partial charge in [0.15, 0.2) is 0 Å². The Kier molecular flexibility index (Phi) is 7.99. The van der Waals surface area contributed by atoms with Crippen LogP contribution in [0.2, 0.25) is 0 Å². The molecule has 2 rings (SSSR count). The maximum absolute atomic E-state index is 13.0. The van der Waals surface area contributed by atoms with Gasteiger partial charge in [-0.25, -0.2) is 4.79 Å². The number of anilines is 1. The molecule has 0 saturated carbocycles. The minimum Gasteiger partial charge on any atom is -0.462 e. The third-order valence-corrected chi connectivity index (χ3v) is 4.23. The van der Waals surface area contributed by atoms with Crippen LogP contribution in [0.3, 0.4) is 0 Å². The van der Waals surface area contributed by atoms with Crippen LogP contribution in [-0.2, 0) is 16.1 Å². The number of ether oxygens (including phenoxy) is 1. The fourth-order valence-electron chi connectivity index (χ4n) is 2.71. The van der Waals surface area contributed by atoms with E-state index in [0.717, 1.165) is 5.56 Å². The van der Waals surface area contributed by atoms with Gasteiger partial charge in [-0.3, -0.25) is 4.79 Å². The number of hydrogen-bond acceptors (Lipinski definition) is 5. The summed E-state index contributed by atoms with van der Waals surface area (Å²) in [6.45, 7) is 6.19. The molecule has 2 aromatic carbocycles. The van der Waals surface area contributed by atoms with E-state index in [9.17, 15) is 14.9 Å². The lowest BCUT2D eigenvalue weighted by molar-refractivity contribution is -0.129. The third kappa shape index (κ3) is 5.94. The van der Waals surface area contributed by atoms with Crippen molar-refractivity contribution in [3.8, 4) is 6.07 Å². The largest absolute Gasteiger partial charge is 0.462 e. The van der Waals surface area contributed by atoms with Crippen molar-refractivity contribution < 1.29 is 14.3 Å². The van der Waals surface area contributed by atoms with E-state index >= 15 is 0 Å². The first-order valence-corrected chi connectivity index (χ1v) is 9.45. The van der Waals surface area contributed by atoms with Crippen LogP contribution in [0.5, 0.6) is 0 Å². The molecule has 29 heavy (non-hydrogen) atoms. The van der Waals surface area contributed by atoms with Crippen LogP contribution in [0.4, 0.5) is 5.69 Å². The van der Waals surface area contributed by atoms with E-state index in [4.69, 9.17) is 4.74 Å². The predicted octanol–water partition coefficient (Wildman–Crippen LogP) is 4.12. The molecule has 0 atom stereocenters. The van der Waals surface area contributed by atoms with Gasteiger partial charge in [-0.1, -0.05) is 42.5 Å². The summed E-state index contributed by atoms with van der Waals surface area (Å²) in [5.41, 5.74) is 1.73. The summed E-state index contributed by atoms with van der Waals surface area (Å²) >= 11 is 0. The van der Waals surface area contributed by atoms with E-state index in [2.05, 4.69) is 5.32 Å². The second-order valence-corrected chi connectivity index (χ2v) is 6.59. The third-order valence-electron chi connectivity index (χ3n) is 4.23. The van der Waals surface area contributed by atoms with Gasteiger partial charge in [0.05, 0.1) is 17.9 Å². The molecule has 0 spiro atoms. The summed E-state index contributed by atoms with van der Waals surface area (Å²) in [5, 5.41) is 12.4. The van der Waals surface area contributed by atoms with Gasteiger partial charge in [0.1, 0.15) is 11.6 Å². The van der Waals surface area contributed by atoms with Crippen LogP contribution in [0, 0.1) is 11.3 Å². The number of nitrogens with zero attached hydrogens (tertiary/aromatic N) is 2. The second-order valence-electron chi connectivity index (χ2n) is 6.59. The van der Waals surface area contributed by atoms with Crippen molar-refractivity contribution in [2.45, 2.75) is 33.4 Å². The summed E-state index contributed by atoms with van der Waals surface area (Å²) in [7, 11) is 0. The molecule has 150 valence electrons. The highest BCUT2D eigenvalue weighted by Gasteiger charge is 2.21. The highest BCUT2D eigenvalue weighted by atomic mass is 16.5. The second kappa shape index (κ2) is 10.7. The Bertz CT molecular complexity index is 914. The summed E-state index contributed by atoms with van der Waals surface area (Å²) < 4.78 is 5.05. The van der Waals surface area contributed by atoms with E-state index in [1.165, 1.54) is 6.20 Å².